The molecule has 3 rings (SSSR count). The molecule has 0 saturated carbocycles. The highest BCUT2D eigenvalue weighted by molar-refractivity contribution is 7.86. The molecule has 0 aliphatic carbocycles. The standard InChI is InChI=1S/C20H20NO3PS/c1-16-13-14-19(20(15-16)26(22,23)24)21-25(2,17-9-5-3-6-10-17)18-11-7-4-8-12-18/h3-15H,1-2H3,(H,22,23,24). The molecule has 3 aromatic rings. The summed E-state index contributed by atoms with van der Waals surface area (Å²) in [4.78, 5) is -0.157. The van der Waals surface area contributed by atoms with Crippen molar-refractivity contribution >= 4 is 33.5 Å². The highest BCUT2D eigenvalue weighted by atomic mass is 32.2. The van der Waals surface area contributed by atoms with Crippen LogP contribution >= 0.6 is 7.05 Å². The van der Waals surface area contributed by atoms with Crippen LogP contribution in [0.15, 0.2) is 88.5 Å². The van der Waals surface area contributed by atoms with Gasteiger partial charge >= 0.3 is 0 Å². The first kappa shape index (κ1) is 18.6. The van der Waals surface area contributed by atoms with Gasteiger partial charge in [0.15, 0.2) is 0 Å². The Morgan fingerprint density at radius 2 is 1.35 bits per heavy atom. The smallest absolute Gasteiger partial charge is 0.282 e. The van der Waals surface area contributed by atoms with Gasteiger partial charge in [0.2, 0.25) is 0 Å². The van der Waals surface area contributed by atoms with Gasteiger partial charge in [0.1, 0.15) is 4.90 Å². The molecule has 0 unspecified atom stereocenters. The highest BCUT2D eigenvalue weighted by Gasteiger charge is 2.22. The Balaban J connectivity index is 2.35. The van der Waals surface area contributed by atoms with Gasteiger partial charge in [-0.15, -0.1) is 0 Å². The van der Waals surface area contributed by atoms with Gasteiger partial charge in [0, 0.05) is 7.05 Å². The van der Waals surface area contributed by atoms with Crippen molar-refractivity contribution in [3.05, 3.63) is 84.4 Å². The first-order chi connectivity index (χ1) is 12.3. The van der Waals surface area contributed by atoms with E-state index in [1.807, 2.05) is 67.3 Å². The molecule has 4 nitrogen and oxygen atoms in total. The zero-order chi connectivity index (χ0) is 18.8. The molecule has 0 radical (unpaired) electrons. The predicted molar refractivity (Wildman–Crippen MR) is 108 cm³/mol. The van der Waals surface area contributed by atoms with Crippen LogP contribution in [0.3, 0.4) is 0 Å². The van der Waals surface area contributed by atoms with Crippen LogP contribution in [0.4, 0.5) is 5.69 Å². The second kappa shape index (κ2) is 7.20. The number of aryl methyl sites for hydroxylation is 1. The highest BCUT2D eigenvalue weighted by Crippen LogP contribution is 2.47. The monoisotopic (exact) mass is 385 g/mol. The predicted octanol–water partition coefficient (Wildman–Crippen LogP) is 4.36. The summed E-state index contributed by atoms with van der Waals surface area (Å²) in [6.07, 6.45) is 0. The number of benzene rings is 3. The summed E-state index contributed by atoms with van der Waals surface area (Å²) in [5, 5.41) is 2.07. The third-order valence-electron chi connectivity index (χ3n) is 4.22. The van der Waals surface area contributed by atoms with Crippen molar-refractivity contribution in [1.29, 1.82) is 0 Å². The van der Waals surface area contributed by atoms with Gasteiger partial charge in [0.25, 0.3) is 10.1 Å². The van der Waals surface area contributed by atoms with E-state index < -0.39 is 17.2 Å². The Morgan fingerprint density at radius 1 is 0.846 bits per heavy atom. The minimum atomic E-state index is -4.37. The summed E-state index contributed by atoms with van der Waals surface area (Å²) < 4.78 is 38.3. The van der Waals surface area contributed by atoms with Gasteiger partial charge in [-0.2, -0.15) is 8.42 Å². The fourth-order valence-electron chi connectivity index (χ4n) is 2.83. The van der Waals surface area contributed by atoms with E-state index in [1.54, 1.807) is 19.1 Å². The van der Waals surface area contributed by atoms with Crippen molar-refractivity contribution in [2.24, 2.45) is 4.74 Å². The van der Waals surface area contributed by atoms with E-state index in [4.69, 9.17) is 4.74 Å². The summed E-state index contributed by atoms with van der Waals surface area (Å²) in [6, 6.07) is 24.6. The number of rotatable bonds is 4. The Bertz CT molecular complexity index is 1040. The number of hydrogen-bond acceptors (Lipinski definition) is 3. The maximum Gasteiger partial charge on any atom is 0.296 e. The summed E-state index contributed by atoms with van der Waals surface area (Å²) in [7, 11) is -6.63. The molecule has 1 N–H and O–H groups in total. The average Bonchev–Trinajstić information content (AvgIpc) is 2.64. The maximum atomic E-state index is 11.9. The van der Waals surface area contributed by atoms with Crippen molar-refractivity contribution < 1.29 is 13.0 Å². The lowest BCUT2D eigenvalue weighted by molar-refractivity contribution is 0.483. The van der Waals surface area contributed by atoms with Gasteiger partial charge in [-0.1, -0.05) is 66.7 Å². The lowest BCUT2D eigenvalue weighted by atomic mass is 10.2. The third-order valence-corrected chi connectivity index (χ3v) is 8.32. The van der Waals surface area contributed by atoms with Crippen molar-refractivity contribution in [3.8, 4) is 0 Å². The van der Waals surface area contributed by atoms with E-state index in [1.165, 1.54) is 6.07 Å². The second-order valence-electron chi connectivity index (χ2n) is 6.18. The van der Waals surface area contributed by atoms with Crippen LogP contribution in [0, 0.1) is 6.92 Å². The Morgan fingerprint density at radius 3 is 1.81 bits per heavy atom. The van der Waals surface area contributed by atoms with Gasteiger partial charge in [0.05, 0.1) is 5.69 Å². The van der Waals surface area contributed by atoms with Gasteiger partial charge in [-0.05, 0) is 41.9 Å². The van der Waals surface area contributed by atoms with Crippen molar-refractivity contribution in [2.75, 3.05) is 6.66 Å². The van der Waals surface area contributed by atoms with Crippen LogP contribution in [0.1, 0.15) is 5.56 Å². The largest absolute Gasteiger partial charge is 0.296 e. The lowest BCUT2D eigenvalue weighted by Gasteiger charge is -2.22. The minimum absolute atomic E-state index is 0.157. The molecule has 134 valence electrons. The Kier molecular flexibility index (Phi) is 5.15. The summed E-state index contributed by atoms with van der Waals surface area (Å²) >= 11 is 0. The van der Waals surface area contributed by atoms with Crippen LogP contribution in [-0.4, -0.2) is 19.6 Å². The van der Waals surface area contributed by atoms with Crippen LogP contribution < -0.4 is 10.6 Å². The second-order valence-corrected chi connectivity index (χ2v) is 10.7. The SMILES string of the molecule is Cc1ccc(N=P(C)(c2ccccc2)c2ccccc2)c(S(=O)(=O)O)c1. The molecular formula is C20H20NO3PS. The maximum absolute atomic E-state index is 11.9. The van der Waals surface area contributed by atoms with Crippen molar-refractivity contribution in [3.63, 3.8) is 0 Å². The molecule has 0 aliphatic rings. The fraction of sp³-hybridized carbons (Fsp3) is 0.100. The van der Waals surface area contributed by atoms with Gasteiger partial charge < -0.3 is 0 Å². The van der Waals surface area contributed by atoms with Crippen LogP contribution in [0.5, 0.6) is 0 Å². The zero-order valence-electron chi connectivity index (χ0n) is 14.6. The molecule has 3 aromatic carbocycles. The summed E-state index contributed by atoms with van der Waals surface area (Å²) in [5.74, 6) is 0. The van der Waals surface area contributed by atoms with Crippen LogP contribution in [0.25, 0.3) is 0 Å². The summed E-state index contributed by atoms with van der Waals surface area (Å²) in [6.45, 7) is 3.83. The molecule has 6 heteroatoms. The van der Waals surface area contributed by atoms with Gasteiger partial charge in [-0.3, -0.25) is 9.30 Å². The minimum Gasteiger partial charge on any atom is -0.282 e. The first-order valence-corrected chi connectivity index (χ1v) is 11.7. The molecule has 26 heavy (non-hydrogen) atoms. The molecule has 0 aliphatic heterocycles. The van der Waals surface area contributed by atoms with Gasteiger partial charge in [-0.25, -0.2) is 0 Å². The molecule has 0 atom stereocenters. The van der Waals surface area contributed by atoms with E-state index in [0.717, 1.165) is 16.2 Å². The summed E-state index contributed by atoms with van der Waals surface area (Å²) in [5.41, 5.74) is 1.03. The average molecular weight is 385 g/mol. The molecule has 0 saturated heterocycles. The molecule has 0 fully saturated rings. The molecule has 0 amide bonds. The molecule has 0 heterocycles. The number of nitrogens with zero attached hydrogens (tertiary/aromatic N) is 1. The number of hydrogen-bond donors (Lipinski definition) is 1. The van der Waals surface area contributed by atoms with Crippen molar-refractivity contribution in [1.82, 2.24) is 0 Å². The van der Waals surface area contributed by atoms with Crippen LogP contribution in [-0.2, 0) is 10.1 Å². The lowest BCUT2D eigenvalue weighted by Crippen LogP contribution is -2.15. The fourth-order valence-corrected chi connectivity index (χ4v) is 6.25. The van der Waals surface area contributed by atoms with E-state index in [-0.39, 0.29) is 10.6 Å². The Hall–Kier alpha value is -2.20. The molecule has 0 spiro atoms. The van der Waals surface area contributed by atoms with Crippen molar-refractivity contribution in [2.45, 2.75) is 11.8 Å². The van der Waals surface area contributed by atoms with E-state index in [9.17, 15) is 13.0 Å². The normalized spacial score (nSPS) is 12.0. The molecular weight excluding hydrogens is 365 g/mol. The zero-order valence-corrected chi connectivity index (χ0v) is 16.3. The van der Waals surface area contributed by atoms with Crippen LogP contribution in [0.2, 0.25) is 0 Å². The molecule has 0 aromatic heterocycles. The topological polar surface area (TPSA) is 66.7 Å². The van der Waals surface area contributed by atoms with E-state index in [0.29, 0.717) is 0 Å². The van der Waals surface area contributed by atoms with E-state index in [2.05, 4.69) is 0 Å². The quantitative estimate of drug-likeness (QED) is 0.536. The first-order valence-electron chi connectivity index (χ1n) is 8.10. The third kappa shape index (κ3) is 3.80. The Labute approximate surface area is 154 Å². The molecule has 0 bridgehead atoms. The van der Waals surface area contributed by atoms with E-state index >= 15 is 0 Å².